The van der Waals surface area contributed by atoms with Gasteiger partial charge in [0.15, 0.2) is 0 Å². The average Bonchev–Trinajstić information content (AvgIpc) is 2.71. The Balaban J connectivity index is 2.51. The third-order valence-electron chi connectivity index (χ3n) is 3.55. The van der Waals surface area contributed by atoms with Crippen LogP contribution < -0.4 is 0 Å². The third kappa shape index (κ3) is 3.23. The van der Waals surface area contributed by atoms with Crippen molar-refractivity contribution >= 4 is 15.9 Å². The minimum atomic E-state index is 0.815. The predicted molar refractivity (Wildman–Crippen MR) is 67.1 cm³/mol. The van der Waals surface area contributed by atoms with Crippen LogP contribution in [-0.4, -0.2) is 28.9 Å². The molecule has 0 aromatic rings. The third-order valence-corrected chi connectivity index (χ3v) is 3.90. The first-order chi connectivity index (χ1) is 6.83. The van der Waals surface area contributed by atoms with Crippen molar-refractivity contribution in [3.8, 4) is 0 Å². The van der Waals surface area contributed by atoms with E-state index in [2.05, 4.69) is 34.7 Å². The Kier molecular flexibility index (Phi) is 6.11. The Morgan fingerprint density at radius 2 is 1.79 bits per heavy atom. The van der Waals surface area contributed by atoms with Crippen LogP contribution in [0, 0.1) is 0 Å². The molecule has 0 bridgehead atoms. The molecule has 0 radical (unpaired) electrons. The summed E-state index contributed by atoms with van der Waals surface area (Å²) in [6, 6.07) is 1.70. The van der Waals surface area contributed by atoms with Gasteiger partial charge in [-0.15, -0.1) is 0 Å². The largest absolute Gasteiger partial charge is 0.297 e. The van der Waals surface area contributed by atoms with E-state index in [1.165, 1.54) is 45.1 Å². The first-order valence-electron chi connectivity index (χ1n) is 6.15. The maximum atomic E-state index is 3.58. The summed E-state index contributed by atoms with van der Waals surface area (Å²) in [5.41, 5.74) is 0. The molecule has 1 aliphatic rings. The summed E-state index contributed by atoms with van der Waals surface area (Å²) >= 11 is 3.58. The monoisotopic (exact) mass is 261 g/mol. The Morgan fingerprint density at radius 1 is 1.21 bits per heavy atom. The lowest BCUT2D eigenvalue weighted by Crippen LogP contribution is -2.42. The molecule has 2 heteroatoms. The van der Waals surface area contributed by atoms with Gasteiger partial charge in [-0.05, 0) is 25.7 Å². The van der Waals surface area contributed by atoms with Gasteiger partial charge in [0.05, 0.1) is 0 Å². The second-order valence-corrected chi connectivity index (χ2v) is 5.13. The molecule has 1 saturated carbocycles. The zero-order valence-electron chi connectivity index (χ0n) is 9.64. The molecule has 1 nitrogen and oxygen atoms in total. The second kappa shape index (κ2) is 6.84. The van der Waals surface area contributed by atoms with Crippen molar-refractivity contribution in [3.05, 3.63) is 0 Å². The maximum Gasteiger partial charge on any atom is 0.0159 e. The van der Waals surface area contributed by atoms with Gasteiger partial charge in [-0.3, -0.25) is 4.90 Å². The molecule has 0 aromatic heterocycles. The molecule has 14 heavy (non-hydrogen) atoms. The van der Waals surface area contributed by atoms with Gasteiger partial charge in [0.25, 0.3) is 0 Å². The zero-order chi connectivity index (χ0) is 10.4. The molecular weight excluding hydrogens is 238 g/mol. The van der Waals surface area contributed by atoms with Crippen molar-refractivity contribution in [1.29, 1.82) is 0 Å². The number of rotatable bonds is 6. The van der Waals surface area contributed by atoms with Crippen molar-refractivity contribution in [3.63, 3.8) is 0 Å². The predicted octanol–water partition coefficient (Wildman–Crippen LogP) is 3.81. The van der Waals surface area contributed by atoms with Crippen molar-refractivity contribution < 1.29 is 0 Å². The fraction of sp³-hybridized carbons (Fsp3) is 1.00. The average molecular weight is 262 g/mol. The molecule has 0 N–H and O–H groups in total. The quantitative estimate of drug-likeness (QED) is 0.658. The molecule has 0 saturated heterocycles. The van der Waals surface area contributed by atoms with E-state index in [1.807, 2.05) is 0 Å². The maximum absolute atomic E-state index is 3.58. The molecule has 0 amide bonds. The highest BCUT2D eigenvalue weighted by atomic mass is 79.9. The lowest BCUT2D eigenvalue weighted by molar-refractivity contribution is 0.137. The normalized spacial score (nSPS) is 18.6. The fourth-order valence-corrected chi connectivity index (χ4v) is 3.16. The van der Waals surface area contributed by atoms with Crippen LogP contribution in [0.4, 0.5) is 0 Å². The smallest absolute Gasteiger partial charge is 0.0159 e. The Bertz CT molecular complexity index is 137. The zero-order valence-corrected chi connectivity index (χ0v) is 11.2. The highest BCUT2D eigenvalue weighted by Crippen LogP contribution is 2.26. The summed E-state index contributed by atoms with van der Waals surface area (Å²) in [6.45, 7) is 5.88. The van der Waals surface area contributed by atoms with Crippen LogP contribution in [0.2, 0.25) is 0 Å². The van der Waals surface area contributed by atoms with Crippen molar-refractivity contribution in [2.75, 3.05) is 11.9 Å². The van der Waals surface area contributed by atoms with Crippen molar-refractivity contribution in [1.82, 2.24) is 4.90 Å². The van der Waals surface area contributed by atoms with Gasteiger partial charge in [-0.2, -0.15) is 0 Å². The van der Waals surface area contributed by atoms with E-state index in [4.69, 9.17) is 0 Å². The Morgan fingerprint density at radius 3 is 2.21 bits per heavy atom. The minimum absolute atomic E-state index is 0.815. The topological polar surface area (TPSA) is 3.24 Å². The lowest BCUT2D eigenvalue weighted by Gasteiger charge is -2.35. The minimum Gasteiger partial charge on any atom is -0.297 e. The fourth-order valence-electron chi connectivity index (χ4n) is 2.75. The van der Waals surface area contributed by atoms with Crippen LogP contribution >= 0.6 is 15.9 Å². The molecule has 0 unspecified atom stereocenters. The standard InChI is InChI=1S/C12H24BrN/c1-3-11(4-2)14(10-9-13)12-7-5-6-8-12/h11-12H,3-10H2,1-2H3. The molecule has 84 valence electrons. The Labute approximate surface area is 97.4 Å². The SMILES string of the molecule is CCC(CC)N(CCBr)C1CCCC1. The van der Waals surface area contributed by atoms with Gasteiger partial charge in [0.1, 0.15) is 0 Å². The van der Waals surface area contributed by atoms with Gasteiger partial charge in [0.2, 0.25) is 0 Å². The number of alkyl halides is 1. The summed E-state index contributed by atoms with van der Waals surface area (Å²) in [4.78, 5) is 2.75. The molecule has 1 aliphatic carbocycles. The molecule has 0 aromatic carbocycles. The van der Waals surface area contributed by atoms with Crippen LogP contribution in [-0.2, 0) is 0 Å². The number of hydrogen-bond donors (Lipinski definition) is 0. The molecule has 1 rings (SSSR count). The van der Waals surface area contributed by atoms with Crippen LogP contribution in [0.1, 0.15) is 52.4 Å². The number of hydrogen-bond acceptors (Lipinski definition) is 1. The van der Waals surface area contributed by atoms with E-state index in [0.717, 1.165) is 17.4 Å². The van der Waals surface area contributed by atoms with E-state index >= 15 is 0 Å². The van der Waals surface area contributed by atoms with Crippen LogP contribution in [0.25, 0.3) is 0 Å². The van der Waals surface area contributed by atoms with Crippen LogP contribution in [0.5, 0.6) is 0 Å². The Hall–Kier alpha value is 0.440. The molecule has 1 fully saturated rings. The lowest BCUT2D eigenvalue weighted by atomic mass is 10.1. The summed E-state index contributed by atoms with van der Waals surface area (Å²) in [5.74, 6) is 0. The molecule has 0 spiro atoms. The van der Waals surface area contributed by atoms with Gasteiger partial charge in [-0.25, -0.2) is 0 Å². The summed E-state index contributed by atoms with van der Waals surface area (Å²) in [6.07, 6.45) is 8.38. The number of halogens is 1. The first-order valence-corrected chi connectivity index (χ1v) is 7.27. The highest BCUT2D eigenvalue weighted by Gasteiger charge is 2.26. The second-order valence-electron chi connectivity index (χ2n) is 4.34. The van der Waals surface area contributed by atoms with Crippen molar-refractivity contribution in [2.45, 2.75) is 64.5 Å². The van der Waals surface area contributed by atoms with E-state index in [-0.39, 0.29) is 0 Å². The summed E-state index contributed by atoms with van der Waals surface area (Å²) in [7, 11) is 0. The van der Waals surface area contributed by atoms with Gasteiger partial charge >= 0.3 is 0 Å². The van der Waals surface area contributed by atoms with E-state index in [9.17, 15) is 0 Å². The molecule has 0 atom stereocenters. The van der Waals surface area contributed by atoms with Crippen LogP contribution in [0.3, 0.4) is 0 Å². The molecule has 0 aliphatic heterocycles. The van der Waals surface area contributed by atoms with E-state index in [0.29, 0.717) is 0 Å². The summed E-state index contributed by atoms with van der Waals surface area (Å²) < 4.78 is 0. The molecule has 0 heterocycles. The molecular formula is C12H24BrN. The summed E-state index contributed by atoms with van der Waals surface area (Å²) in [5, 5.41) is 1.12. The highest BCUT2D eigenvalue weighted by molar-refractivity contribution is 9.09. The van der Waals surface area contributed by atoms with E-state index in [1.54, 1.807) is 0 Å². The van der Waals surface area contributed by atoms with Gasteiger partial charge in [0, 0.05) is 24.0 Å². The van der Waals surface area contributed by atoms with Gasteiger partial charge < -0.3 is 0 Å². The van der Waals surface area contributed by atoms with E-state index < -0.39 is 0 Å². The van der Waals surface area contributed by atoms with Crippen molar-refractivity contribution in [2.24, 2.45) is 0 Å². The van der Waals surface area contributed by atoms with Gasteiger partial charge in [-0.1, -0.05) is 42.6 Å². The van der Waals surface area contributed by atoms with Crippen LogP contribution in [0.15, 0.2) is 0 Å². The number of nitrogens with zero attached hydrogens (tertiary/aromatic N) is 1. The first kappa shape index (κ1) is 12.5.